The second-order valence-corrected chi connectivity index (χ2v) is 26.4. The summed E-state index contributed by atoms with van der Waals surface area (Å²) in [5.74, 6) is 3.64. The fraction of sp³-hybridized carbons (Fsp3) is 0.481. The Hall–Kier alpha value is -1.43. The van der Waals surface area contributed by atoms with Crippen LogP contribution in [0.15, 0.2) is 60.7 Å². The van der Waals surface area contributed by atoms with Gasteiger partial charge in [-0.1, -0.05) is 127 Å². The number of hydrogen-bond acceptors (Lipinski definition) is 2. The molecule has 0 spiro atoms. The van der Waals surface area contributed by atoms with Crippen molar-refractivity contribution in [3.05, 3.63) is 60.7 Å². The highest BCUT2D eigenvalue weighted by atomic mass is 28.4. The van der Waals surface area contributed by atoms with E-state index in [1.165, 1.54) is 10.4 Å². The van der Waals surface area contributed by atoms with Gasteiger partial charge in [0.15, 0.2) is 0 Å². The maximum absolute atomic E-state index is 7.15. The molecule has 2 aromatic carbocycles. The molecule has 0 radical (unpaired) electrons. The van der Waals surface area contributed by atoms with Crippen molar-refractivity contribution < 1.29 is 9.16 Å². The van der Waals surface area contributed by atoms with Gasteiger partial charge in [0.1, 0.15) is 27.5 Å². The van der Waals surface area contributed by atoms with E-state index in [2.05, 4.69) is 132 Å². The average Bonchev–Trinajstić information content (AvgIpc) is 3.42. The molecule has 0 N–H and O–H groups in total. The van der Waals surface area contributed by atoms with E-state index < -0.39 is 24.5 Å². The summed E-state index contributed by atoms with van der Waals surface area (Å²) in [7, 11) is -5.71. The van der Waals surface area contributed by atoms with E-state index in [-0.39, 0.29) is 16.4 Å². The third-order valence-electron chi connectivity index (χ3n) is 6.33. The van der Waals surface area contributed by atoms with E-state index in [1.807, 2.05) is 0 Å². The largest absolute Gasteiger partial charge is 0.405 e. The first-order valence-corrected chi connectivity index (χ1v) is 20.6. The molecule has 3 rings (SSSR count). The highest BCUT2D eigenvalue weighted by Gasteiger charge is 2.64. The van der Waals surface area contributed by atoms with Crippen LogP contribution in [-0.2, 0) is 9.16 Å². The summed E-state index contributed by atoms with van der Waals surface area (Å²) >= 11 is 0. The summed E-state index contributed by atoms with van der Waals surface area (Å²) in [5, 5.41) is 2.30. The van der Waals surface area contributed by atoms with Gasteiger partial charge in [0, 0.05) is 0 Å². The molecule has 1 aliphatic rings. The maximum atomic E-state index is 7.15. The maximum Gasteiger partial charge on any atom is 0.261 e. The molecule has 1 aliphatic heterocycles. The Balaban J connectivity index is 2.01. The predicted molar refractivity (Wildman–Crippen MR) is 146 cm³/mol. The minimum atomic E-state index is -2.56. The summed E-state index contributed by atoms with van der Waals surface area (Å²) in [6.07, 6.45) is 0.0552. The first-order valence-electron chi connectivity index (χ1n) is 11.7. The van der Waals surface area contributed by atoms with Gasteiger partial charge in [0.05, 0.1) is 6.61 Å². The SMILES string of the molecule is CC(C)(C)[Si](OC[C@H]1O[C@@]1(C#C[Si](C)(C)C)[Si](C)(C)C)(c1ccccc1)c1ccccc1. The zero-order valence-electron chi connectivity index (χ0n) is 21.4. The number of rotatable bonds is 6. The molecule has 1 heterocycles. The standard InChI is InChI=1S/C27H40O2Si3/c1-26(2,3)32(23-16-12-10-13-17-23,24-18-14-11-15-19-24)28-22-25-27(29-25,31(7,8)9)20-21-30(4,5)6/h10-19,25H,22H2,1-9H3/t25-,27+/m1/s1. The fourth-order valence-electron chi connectivity index (χ4n) is 4.54. The zero-order valence-corrected chi connectivity index (χ0v) is 24.4. The number of epoxide rings is 1. The Morgan fingerprint density at radius 1 is 0.844 bits per heavy atom. The number of hydrogen-bond donors (Lipinski definition) is 0. The van der Waals surface area contributed by atoms with Crippen LogP contribution < -0.4 is 10.4 Å². The molecule has 0 amide bonds. The highest BCUT2D eigenvalue weighted by molar-refractivity contribution is 6.99. The molecule has 0 aliphatic carbocycles. The van der Waals surface area contributed by atoms with Gasteiger partial charge >= 0.3 is 0 Å². The van der Waals surface area contributed by atoms with E-state index in [0.717, 1.165) is 0 Å². The van der Waals surface area contributed by atoms with Gasteiger partial charge in [-0.2, -0.15) is 0 Å². The van der Waals surface area contributed by atoms with Crippen LogP contribution in [-0.4, -0.2) is 42.4 Å². The van der Waals surface area contributed by atoms with E-state index >= 15 is 0 Å². The molecule has 0 saturated carbocycles. The summed E-state index contributed by atoms with van der Waals surface area (Å²) < 4.78 is 13.6. The van der Waals surface area contributed by atoms with Gasteiger partial charge in [0.2, 0.25) is 0 Å². The summed E-state index contributed by atoms with van der Waals surface area (Å²) in [6, 6.07) is 21.7. The quantitative estimate of drug-likeness (QED) is 0.311. The third-order valence-corrected chi connectivity index (χ3v) is 15.0. The lowest BCUT2D eigenvalue weighted by Gasteiger charge is -2.43. The normalized spacial score (nSPS) is 21.6. The molecule has 0 aromatic heterocycles. The van der Waals surface area contributed by atoms with Crippen LogP contribution in [0.2, 0.25) is 44.3 Å². The summed E-state index contributed by atoms with van der Waals surface area (Å²) in [5.41, 5.74) is 3.61. The van der Waals surface area contributed by atoms with E-state index in [0.29, 0.717) is 6.61 Å². The van der Waals surface area contributed by atoms with E-state index in [1.54, 1.807) is 0 Å². The average molecular weight is 481 g/mol. The van der Waals surface area contributed by atoms with Crippen LogP contribution in [0.5, 0.6) is 0 Å². The van der Waals surface area contributed by atoms with Crippen LogP contribution in [0.1, 0.15) is 20.8 Å². The Morgan fingerprint density at radius 2 is 1.31 bits per heavy atom. The molecular formula is C27H40O2Si3. The lowest BCUT2D eigenvalue weighted by molar-refractivity contribution is 0.248. The molecular weight excluding hydrogens is 441 g/mol. The molecule has 2 nitrogen and oxygen atoms in total. The van der Waals surface area contributed by atoms with Gasteiger partial charge in [-0.15, -0.1) is 5.54 Å². The second kappa shape index (κ2) is 8.73. The molecule has 172 valence electrons. The molecule has 0 unspecified atom stereocenters. The van der Waals surface area contributed by atoms with Crippen molar-refractivity contribution in [1.82, 2.24) is 0 Å². The summed E-state index contributed by atoms with van der Waals surface area (Å²) in [4.78, 5) is 0. The molecule has 0 bridgehead atoms. The molecule has 32 heavy (non-hydrogen) atoms. The van der Waals surface area contributed by atoms with E-state index in [4.69, 9.17) is 9.16 Å². The first-order chi connectivity index (χ1) is 14.7. The minimum absolute atomic E-state index is 0.0313. The Bertz CT molecular complexity index is 934. The highest BCUT2D eigenvalue weighted by Crippen LogP contribution is 2.46. The van der Waals surface area contributed by atoms with Crippen LogP contribution in [0, 0.1) is 11.5 Å². The van der Waals surface area contributed by atoms with Crippen LogP contribution in [0.4, 0.5) is 0 Å². The zero-order chi connectivity index (χ0) is 23.8. The minimum Gasteiger partial charge on any atom is -0.405 e. The lowest BCUT2D eigenvalue weighted by Crippen LogP contribution is -2.67. The molecule has 1 saturated heterocycles. The monoisotopic (exact) mass is 480 g/mol. The molecule has 5 heteroatoms. The molecule has 2 atom stereocenters. The van der Waals surface area contributed by atoms with Gasteiger partial charge < -0.3 is 9.16 Å². The van der Waals surface area contributed by atoms with Gasteiger partial charge in [0.25, 0.3) is 8.32 Å². The smallest absolute Gasteiger partial charge is 0.261 e. The fourth-order valence-corrected chi connectivity index (χ4v) is 11.8. The Kier molecular flexibility index (Phi) is 6.88. The number of benzene rings is 2. The number of ether oxygens (including phenoxy) is 1. The van der Waals surface area contributed by atoms with Crippen molar-refractivity contribution in [2.75, 3.05) is 6.61 Å². The molecule has 2 aromatic rings. The Labute approximate surface area is 198 Å². The van der Waals surface area contributed by atoms with Crippen LogP contribution >= 0.6 is 0 Å². The van der Waals surface area contributed by atoms with Crippen molar-refractivity contribution in [3.63, 3.8) is 0 Å². The van der Waals surface area contributed by atoms with Gasteiger partial charge in [-0.25, -0.2) is 0 Å². The van der Waals surface area contributed by atoms with Gasteiger partial charge in [-0.3, -0.25) is 0 Å². The van der Waals surface area contributed by atoms with Crippen molar-refractivity contribution in [2.45, 2.75) is 76.4 Å². The van der Waals surface area contributed by atoms with Crippen LogP contribution in [0.3, 0.4) is 0 Å². The molecule has 1 fully saturated rings. The Morgan fingerprint density at radius 3 is 1.69 bits per heavy atom. The van der Waals surface area contributed by atoms with Crippen molar-refractivity contribution in [1.29, 1.82) is 0 Å². The van der Waals surface area contributed by atoms with Crippen molar-refractivity contribution in [3.8, 4) is 11.5 Å². The van der Waals surface area contributed by atoms with Crippen molar-refractivity contribution >= 4 is 34.8 Å². The lowest BCUT2D eigenvalue weighted by atomic mass is 10.2. The van der Waals surface area contributed by atoms with E-state index in [9.17, 15) is 0 Å². The first kappa shape index (κ1) is 25.2. The second-order valence-electron chi connectivity index (χ2n) is 12.1. The topological polar surface area (TPSA) is 21.8 Å². The summed E-state index contributed by atoms with van der Waals surface area (Å²) in [6.45, 7) is 21.6. The van der Waals surface area contributed by atoms with Crippen molar-refractivity contribution in [2.24, 2.45) is 0 Å². The third kappa shape index (κ3) is 4.90. The van der Waals surface area contributed by atoms with Crippen LogP contribution in [0.25, 0.3) is 0 Å². The van der Waals surface area contributed by atoms with Gasteiger partial charge in [-0.05, 0) is 15.4 Å². The predicted octanol–water partition coefficient (Wildman–Crippen LogP) is 5.46.